The number of oxazole rings is 1. The van der Waals surface area contributed by atoms with Crippen LogP contribution in [0.2, 0.25) is 0 Å². The Morgan fingerprint density at radius 2 is 2.21 bits per heavy atom. The van der Waals surface area contributed by atoms with Gasteiger partial charge in [0, 0.05) is 37.7 Å². The van der Waals surface area contributed by atoms with Gasteiger partial charge in [-0.3, -0.25) is 4.79 Å². The molecule has 3 aromatic rings. The largest absolute Gasteiger partial charge is 0.496 e. The first-order chi connectivity index (χ1) is 16.5. The van der Waals surface area contributed by atoms with E-state index in [1.807, 2.05) is 31.5 Å². The van der Waals surface area contributed by atoms with Crippen molar-refractivity contribution in [1.29, 1.82) is 0 Å². The number of likely N-dealkylation sites (tertiary alicyclic amines) is 1. The lowest BCUT2D eigenvalue weighted by Crippen LogP contribution is -2.28. The first-order valence-corrected chi connectivity index (χ1v) is 12.8. The Kier molecular flexibility index (Phi) is 6.24. The second-order valence-electron chi connectivity index (χ2n) is 9.32. The molecule has 180 valence electrons. The third-order valence-corrected chi connectivity index (χ3v) is 8.35. The highest BCUT2D eigenvalue weighted by Crippen LogP contribution is 2.59. The van der Waals surface area contributed by atoms with Gasteiger partial charge in [0.2, 0.25) is 5.82 Å². The van der Waals surface area contributed by atoms with E-state index < -0.39 is 0 Å². The molecule has 1 aliphatic heterocycles. The maximum absolute atomic E-state index is 12.4. The number of ketones is 1. The summed E-state index contributed by atoms with van der Waals surface area (Å²) in [7, 11) is 3.59. The fourth-order valence-corrected chi connectivity index (χ4v) is 6.07. The second kappa shape index (κ2) is 9.19. The van der Waals surface area contributed by atoms with Crippen molar-refractivity contribution in [2.75, 3.05) is 32.5 Å². The van der Waals surface area contributed by atoms with E-state index >= 15 is 0 Å². The van der Waals surface area contributed by atoms with Gasteiger partial charge in [-0.25, -0.2) is 4.98 Å². The first kappa shape index (κ1) is 23.1. The maximum Gasteiger partial charge on any atom is 0.202 e. The van der Waals surface area contributed by atoms with Crippen molar-refractivity contribution in [2.45, 2.75) is 43.7 Å². The van der Waals surface area contributed by atoms with Gasteiger partial charge >= 0.3 is 0 Å². The molecule has 9 heteroatoms. The number of hydrogen-bond donors (Lipinski definition) is 0. The highest BCUT2D eigenvalue weighted by Gasteiger charge is 2.60. The number of nitrogens with zero attached hydrogens (tertiary/aromatic N) is 5. The van der Waals surface area contributed by atoms with Crippen LogP contribution in [-0.2, 0) is 12.5 Å². The predicted octanol–water partition coefficient (Wildman–Crippen LogP) is 4.14. The molecule has 2 aliphatic rings. The summed E-state index contributed by atoms with van der Waals surface area (Å²) in [6.45, 7) is 7.06. The normalized spacial score (nSPS) is 21.6. The summed E-state index contributed by atoms with van der Waals surface area (Å²) in [5, 5.41) is 9.51. The van der Waals surface area contributed by atoms with E-state index in [4.69, 9.17) is 9.15 Å². The number of rotatable bonds is 10. The molecule has 0 radical (unpaired) electrons. The highest BCUT2D eigenvalue weighted by atomic mass is 32.2. The Labute approximate surface area is 204 Å². The fourth-order valence-electron chi connectivity index (χ4n) is 5.24. The molecule has 5 rings (SSSR count). The molecule has 1 saturated heterocycles. The minimum atomic E-state index is 0.143. The zero-order valence-corrected chi connectivity index (χ0v) is 21.0. The van der Waals surface area contributed by atoms with Crippen molar-refractivity contribution in [1.82, 2.24) is 24.6 Å². The second-order valence-corrected chi connectivity index (χ2v) is 10.4. The highest BCUT2D eigenvalue weighted by molar-refractivity contribution is 7.99. The first-order valence-electron chi connectivity index (χ1n) is 11.8. The number of aryl methyl sites for hydroxylation is 1. The molecule has 2 fully saturated rings. The van der Waals surface area contributed by atoms with Crippen molar-refractivity contribution in [2.24, 2.45) is 13.0 Å². The number of methoxy groups -OCH3 is 1. The summed E-state index contributed by atoms with van der Waals surface area (Å²) >= 11 is 1.72. The van der Waals surface area contributed by atoms with Crippen LogP contribution in [0.5, 0.6) is 5.75 Å². The number of fused-ring (bicyclic) bond motifs is 1. The lowest BCUT2D eigenvalue weighted by molar-refractivity contribution is 0.0985. The van der Waals surface area contributed by atoms with Gasteiger partial charge in [0.1, 0.15) is 5.75 Å². The van der Waals surface area contributed by atoms with E-state index in [0.29, 0.717) is 29.7 Å². The number of benzene rings is 1. The minimum Gasteiger partial charge on any atom is -0.496 e. The van der Waals surface area contributed by atoms with Crippen LogP contribution in [0, 0.1) is 12.8 Å². The van der Waals surface area contributed by atoms with Gasteiger partial charge in [-0.1, -0.05) is 24.8 Å². The van der Waals surface area contributed by atoms with Crippen molar-refractivity contribution in [3.63, 3.8) is 0 Å². The van der Waals surface area contributed by atoms with E-state index in [1.54, 1.807) is 18.9 Å². The van der Waals surface area contributed by atoms with Gasteiger partial charge in [0.05, 0.1) is 18.4 Å². The lowest BCUT2D eigenvalue weighted by Gasteiger charge is -2.21. The number of carbonyl (C=O) groups excluding carboxylic acids is 1. The molecule has 0 N–H and O–H groups in total. The summed E-state index contributed by atoms with van der Waals surface area (Å²) in [5.41, 5.74) is 3.04. The molecule has 2 aromatic heterocycles. The van der Waals surface area contributed by atoms with E-state index in [1.165, 1.54) is 18.4 Å². The molecule has 0 amide bonds. The fraction of sp³-hybridized carbons (Fsp3) is 0.520. The van der Waals surface area contributed by atoms with Crippen LogP contribution in [0.4, 0.5) is 0 Å². The number of piperidine rings is 1. The molecule has 3 heterocycles. The summed E-state index contributed by atoms with van der Waals surface area (Å²) in [6.07, 6.45) is 4.23. The molecular weight excluding hydrogens is 450 g/mol. The van der Waals surface area contributed by atoms with Crippen molar-refractivity contribution < 1.29 is 13.9 Å². The SMILES string of the molecule is CCC(=O)c1cc(C23CC2CN(CCCSc2nnc(-c4ocnc4C)n2C)C3)ccc1OC. The number of Topliss-reactive ketones (excluding diaryl/α,β-unsaturated/α-hetero) is 1. The van der Waals surface area contributed by atoms with Crippen LogP contribution in [0.1, 0.15) is 47.8 Å². The van der Waals surface area contributed by atoms with Gasteiger partial charge in [0.15, 0.2) is 23.1 Å². The topological polar surface area (TPSA) is 86.3 Å². The predicted molar refractivity (Wildman–Crippen MR) is 130 cm³/mol. The maximum atomic E-state index is 12.4. The average Bonchev–Trinajstić information content (AvgIpc) is 3.13. The van der Waals surface area contributed by atoms with Crippen molar-refractivity contribution in [3.05, 3.63) is 41.4 Å². The molecule has 1 saturated carbocycles. The minimum absolute atomic E-state index is 0.143. The summed E-state index contributed by atoms with van der Waals surface area (Å²) in [5.74, 6) is 3.87. The van der Waals surface area contributed by atoms with Crippen molar-refractivity contribution in [3.8, 4) is 17.3 Å². The molecule has 34 heavy (non-hydrogen) atoms. The molecule has 0 bridgehead atoms. The summed E-state index contributed by atoms with van der Waals surface area (Å²) in [4.78, 5) is 19.1. The van der Waals surface area contributed by atoms with E-state index in [9.17, 15) is 4.79 Å². The molecule has 1 aromatic carbocycles. The molecular formula is C25H31N5O3S. The van der Waals surface area contributed by atoms with Crippen LogP contribution in [0.15, 0.2) is 34.2 Å². The number of ether oxygens (including phenoxy) is 1. The smallest absolute Gasteiger partial charge is 0.202 e. The summed E-state index contributed by atoms with van der Waals surface area (Å²) < 4.78 is 12.9. The number of aromatic nitrogens is 4. The lowest BCUT2D eigenvalue weighted by atomic mass is 9.92. The molecule has 2 atom stereocenters. The van der Waals surface area contributed by atoms with Gasteiger partial charge in [-0.05, 0) is 49.9 Å². The molecule has 1 aliphatic carbocycles. The van der Waals surface area contributed by atoms with Gasteiger partial charge in [0.25, 0.3) is 0 Å². The third-order valence-electron chi connectivity index (χ3n) is 7.25. The zero-order chi connectivity index (χ0) is 23.9. The molecule has 0 spiro atoms. The van der Waals surface area contributed by atoms with E-state index in [2.05, 4.69) is 32.2 Å². The van der Waals surface area contributed by atoms with Gasteiger partial charge < -0.3 is 18.6 Å². The van der Waals surface area contributed by atoms with Crippen LogP contribution in [0.3, 0.4) is 0 Å². The quantitative estimate of drug-likeness (QED) is 0.243. The van der Waals surface area contributed by atoms with Crippen LogP contribution in [-0.4, -0.2) is 62.9 Å². The standard InChI is InChI=1S/C25H31N5O3S/c1-5-20(31)19-11-17(7-8-21(19)32-4)25-12-18(25)13-30(14-25)9-6-10-34-24-28-27-23(29(24)3)22-16(2)26-15-33-22/h7-8,11,15,18H,5-6,9-10,12-14H2,1-4H3. The molecule has 2 unspecified atom stereocenters. The Morgan fingerprint density at radius 1 is 1.35 bits per heavy atom. The monoisotopic (exact) mass is 481 g/mol. The number of thioether (sulfide) groups is 1. The summed E-state index contributed by atoms with van der Waals surface area (Å²) in [6, 6.07) is 6.22. The Balaban J connectivity index is 1.16. The van der Waals surface area contributed by atoms with Crippen LogP contribution in [0.25, 0.3) is 11.6 Å². The van der Waals surface area contributed by atoms with Gasteiger partial charge in [-0.2, -0.15) is 0 Å². The van der Waals surface area contributed by atoms with Gasteiger partial charge in [-0.15, -0.1) is 10.2 Å². The Bertz CT molecular complexity index is 1210. The van der Waals surface area contributed by atoms with E-state index in [-0.39, 0.29) is 11.2 Å². The Hall–Kier alpha value is -2.65. The van der Waals surface area contributed by atoms with Crippen LogP contribution < -0.4 is 4.74 Å². The zero-order valence-electron chi connectivity index (χ0n) is 20.2. The number of carbonyl (C=O) groups is 1. The molecule has 8 nitrogen and oxygen atoms in total. The third kappa shape index (κ3) is 4.05. The van der Waals surface area contributed by atoms with Crippen molar-refractivity contribution >= 4 is 17.5 Å². The van der Waals surface area contributed by atoms with Crippen LogP contribution >= 0.6 is 11.8 Å². The number of hydrogen-bond acceptors (Lipinski definition) is 8. The van der Waals surface area contributed by atoms with E-state index in [0.717, 1.165) is 48.2 Å². The Morgan fingerprint density at radius 3 is 2.94 bits per heavy atom. The average molecular weight is 482 g/mol.